The SMILES string of the molecule is C[C@H](Sc1ccccc1NC(=O)C(C)(C)C)C(=O)O. The lowest BCUT2D eigenvalue weighted by Gasteiger charge is -2.19. The number of thioether (sulfide) groups is 1. The van der Waals surface area contributed by atoms with Crippen molar-refractivity contribution in [2.24, 2.45) is 5.41 Å². The van der Waals surface area contributed by atoms with Crippen LogP contribution < -0.4 is 5.32 Å². The third-order valence-electron chi connectivity index (χ3n) is 2.47. The summed E-state index contributed by atoms with van der Waals surface area (Å²) in [5.74, 6) is -0.967. The maximum absolute atomic E-state index is 12.0. The average molecular weight is 281 g/mol. The third kappa shape index (κ3) is 4.59. The van der Waals surface area contributed by atoms with Crippen molar-refractivity contribution in [3.63, 3.8) is 0 Å². The van der Waals surface area contributed by atoms with Crippen LogP contribution in [0.2, 0.25) is 0 Å². The first kappa shape index (κ1) is 15.6. The van der Waals surface area contributed by atoms with Gasteiger partial charge in [0, 0.05) is 10.3 Å². The summed E-state index contributed by atoms with van der Waals surface area (Å²) in [4.78, 5) is 23.6. The number of carboxylic acid groups (broad SMARTS) is 1. The molecule has 0 saturated heterocycles. The van der Waals surface area contributed by atoms with Gasteiger partial charge >= 0.3 is 5.97 Å². The minimum Gasteiger partial charge on any atom is -0.480 e. The Morgan fingerprint density at radius 1 is 1.26 bits per heavy atom. The van der Waals surface area contributed by atoms with E-state index in [-0.39, 0.29) is 5.91 Å². The lowest BCUT2D eigenvalue weighted by atomic mass is 9.95. The molecule has 0 aliphatic rings. The molecule has 5 heteroatoms. The van der Waals surface area contributed by atoms with Crippen LogP contribution >= 0.6 is 11.8 Å². The van der Waals surface area contributed by atoms with E-state index in [2.05, 4.69) is 5.32 Å². The number of benzene rings is 1. The Bertz CT molecular complexity index is 480. The molecule has 1 amide bonds. The predicted octanol–water partition coefficient (Wildman–Crippen LogP) is 3.24. The van der Waals surface area contributed by atoms with Crippen molar-refractivity contribution in [1.29, 1.82) is 0 Å². The maximum Gasteiger partial charge on any atom is 0.316 e. The molecule has 0 unspecified atom stereocenters. The van der Waals surface area contributed by atoms with E-state index in [1.165, 1.54) is 11.8 Å². The third-order valence-corrected chi connectivity index (χ3v) is 3.63. The minimum absolute atomic E-state index is 0.0940. The average Bonchev–Trinajstić information content (AvgIpc) is 2.30. The molecule has 1 aromatic rings. The molecule has 0 fully saturated rings. The molecule has 4 nitrogen and oxygen atoms in total. The molecule has 0 radical (unpaired) electrons. The summed E-state index contributed by atoms with van der Waals surface area (Å²) in [7, 11) is 0. The zero-order valence-electron chi connectivity index (χ0n) is 11.6. The first-order chi connectivity index (χ1) is 8.71. The first-order valence-corrected chi connectivity index (χ1v) is 6.89. The quantitative estimate of drug-likeness (QED) is 0.831. The van der Waals surface area contributed by atoms with Crippen molar-refractivity contribution in [3.8, 4) is 0 Å². The molecule has 19 heavy (non-hydrogen) atoms. The summed E-state index contributed by atoms with van der Waals surface area (Å²) in [5, 5.41) is 11.2. The smallest absolute Gasteiger partial charge is 0.316 e. The summed E-state index contributed by atoms with van der Waals surface area (Å²) < 4.78 is 0. The molecule has 0 aromatic heterocycles. The Morgan fingerprint density at radius 2 is 1.84 bits per heavy atom. The fourth-order valence-corrected chi connectivity index (χ4v) is 2.11. The Labute approximate surface area is 117 Å². The predicted molar refractivity (Wildman–Crippen MR) is 77.5 cm³/mol. The lowest BCUT2D eigenvalue weighted by molar-refractivity contribution is -0.136. The van der Waals surface area contributed by atoms with Gasteiger partial charge in [0.1, 0.15) is 5.25 Å². The summed E-state index contributed by atoms with van der Waals surface area (Å²) in [6.45, 7) is 7.11. The highest BCUT2D eigenvalue weighted by Gasteiger charge is 2.22. The molecule has 0 heterocycles. The number of para-hydroxylation sites is 1. The molecule has 2 N–H and O–H groups in total. The molecule has 0 bridgehead atoms. The van der Waals surface area contributed by atoms with Crippen LogP contribution in [0.5, 0.6) is 0 Å². The molecular weight excluding hydrogens is 262 g/mol. The van der Waals surface area contributed by atoms with E-state index in [1.54, 1.807) is 13.0 Å². The molecular formula is C14H19NO3S. The summed E-state index contributed by atoms with van der Waals surface area (Å²) in [5.41, 5.74) is 0.163. The van der Waals surface area contributed by atoms with Gasteiger partial charge in [-0.15, -0.1) is 11.8 Å². The number of hydrogen-bond donors (Lipinski definition) is 2. The second kappa shape index (κ2) is 6.10. The molecule has 1 rings (SSSR count). The second-order valence-corrected chi connectivity index (χ2v) is 6.68. The largest absolute Gasteiger partial charge is 0.480 e. The van der Waals surface area contributed by atoms with Gasteiger partial charge in [0.05, 0.1) is 5.69 Å². The number of carbonyl (C=O) groups is 2. The summed E-state index contributed by atoms with van der Waals surface area (Å²) in [6.07, 6.45) is 0. The van der Waals surface area contributed by atoms with Crippen LogP contribution in [0.25, 0.3) is 0 Å². The van der Waals surface area contributed by atoms with Crippen LogP contribution in [-0.2, 0) is 9.59 Å². The van der Waals surface area contributed by atoms with Gasteiger partial charge < -0.3 is 10.4 Å². The van der Waals surface area contributed by atoms with Gasteiger partial charge in [-0.05, 0) is 19.1 Å². The fourth-order valence-electron chi connectivity index (χ4n) is 1.22. The molecule has 104 valence electrons. The highest BCUT2D eigenvalue weighted by atomic mass is 32.2. The number of carbonyl (C=O) groups excluding carboxylic acids is 1. The van der Waals surface area contributed by atoms with Gasteiger partial charge in [-0.1, -0.05) is 32.9 Å². The second-order valence-electron chi connectivity index (χ2n) is 5.30. The number of hydrogen-bond acceptors (Lipinski definition) is 3. The molecule has 0 spiro atoms. The van der Waals surface area contributed by atoms with E-state index < -0.39 is 16.6 Å². The van der Waals surface area contributed by atoms with Crippen molar-refractivity contribution in [1.82, 2.24) is 0 Å². The van der Waals surface area contributed by atoms with E-state index in [0.717, 1.165) is 4.90 Å². The van der Waals surface area contributed by atoms with Crippen molar-refractivity contribution in [3.05, 3.63) is 24.3 Å². The number of aliphatic carboxylic acids is 1. The maximum atomic E-state index is 12.0. The van der Waals surface area contributed by atoms with Gasteiger partial charge in [-0.3, -0.25) is 9.59 Å². The van der Waals surface area contributed by atoms with Crippen molar-refractivity contribution in [2.45, 2.75) is 37.8 Å². The normalized spacial score (nSPS) is 12.8. The minimum atomic E-state index is -0.873. The van der Waals surface area contributed by atoms with Crippen molar-refractivity contribution >= 4 is 29.3 Å². The van der Waals surface area contributed by atoms with E-state index >= 15 is 0 Å². The Balaban J connectivity index is 2.91. The Morgan fingerprint density at radius 3 is 2.37 bits per heavy atom. The highest BCUT2D eigenvalue weighted by Crippen LogP contribution is 2.31. The molecule has 0 aliphatic carbocycles. The van der Waals surface area contributed by atoms with Gasteiger partial charge in [0.2, 0.25) is 5.91 Å². The number of rotatable bonds is 4. The molecule has 1 atom stereocenters. The van der Waals surface area contributed by atoms with E-state index in [4.69, 9.17) is 5.11 Å². The Hall–Kier alpha value is -1.49. The van der Waals surface area contributed by atoms with Crippen LogP contribution in [0.3, 0.4) is 0 Å². The lowest BCUT2D eigenvalue weighted by Crippen LogP contribution is -2.27. The number of amides is 1. The van der Waals surface area contributed by atoms with Crippen LogP contribution in [-0.4, -0.2) is 22.2 Å². The van der Waals surface area contributed by atoms with Gasteiger partial charge in [0.15, 0.2) is 0 Å². The Kier molecular flexibility index (Phi) is 5.00. The van der Waals surface area contributed by atoms with Gasteiger partial charge in [-0.25, -0.2) is 0 Å². The number of nitrogens with one attached hydrogen (secondary N) is 1. The zero-order chi connectivity index (χ0) is 14.6. The molecule has 0 saturated carbocycles. The van der Waals surface area contributed by atoms with Gasteiger partial charge in [-0.2, -0.15) is 0 Å². The molecule has 0 aliphatic heterocycles. The van der Waals surface area contributed by atoms with Crippen LogP contribution in [0.1, 0.15) is 27.7 Å². The van der Waals surface area contributed by atoms with Crippen molar-refractivity contribution < 1.29 is 14.7 Å². The molecule has 1 aromatic carbocycles. The van der Waals surface area contributed by atoms with E-state index in [9.17, 15) is 9.59 Å². The first-order valence-electron chi connectivity index (χ1n) is 6.02. The van der Waals surface area contributed by atoms with E-state index in [1.807, 2.05) is 39.0 Å². The standard InChI is InChI=1S/C14H19NO3S/c1-9(12(16)17)19-11-8-6-5-7-10(11)15-13(18)14(2,3)4/h5-9H,1-4H3,(H,15,18)(H,16,17)/t9-/m0/s1. The van der Waals surface area contributed by atoms with Crippen LogP contribution in [0.4, 0.5) is 5.69 Å². The van der Waals surface area contributed by atoms with E-state index in [0.29, 0.717) is 5.69 Å². The monoisotopic (exact) mass is 281 g/mol. The number of anilines is 1. The summed E-state index contributed by atoms with van der Waals surface area (Å²) in [6, 6.07) is 7.22. The summed E-state index contributed by atoms with van der Waals surface area (Å²) >= 11 is 1.22. The van der Waals surface area contributed by atoms with Gasteiger partial charge in [0.25, 0.3) is 0 Å². The highest BCUT2D eigenvalue weighted by molar-refractivity contribution is 8.00. The topological polar surface area (TPSA) is 66.4 Å². The van der Waals surface area contributed by atoms with Crippen LogP contribution in [0, 0.1) is 5.41 Å². The van der Waals surface area contributed by atoms with Crippen LogP contribution in [0.15, 0.2) is 29.2 Å². The van der Waals surface area contributed by atoms with Crippen molar-refractivity contribution in [2.75, 3.05) is 5.32 Å². The fraction of sp³-hybridized carbons (Fsp3) is 0.429. The number of carboxylic acids is 1. The zero-order valence-corrected chi connectivity index (χ0v) is 12.4.